The maximum absolute atomic E-state index is 14.9. The Bertz CT molecular complexity index is 1740. The van der Waals surface area contributed by atoms with Gasteiger partial charge in [0.2, 0.25) is 0 Å². The highest BCUT2D eigenvalue weighted by atomic mass is 16.4. The molecule has 9 nitrogen and oxygen atoms in total. The van der Waals surface area contributed by atoms with Gasteiger partial charge in [0.25, 0.3) is 0 Å². The van der Waals surface area contributed by atoms with Crippen molar-refractivity contribution < 1.29 is 44.7 Å². The minimum absolute atomic E-state index is 0.0641. The number of ketones is 3. The Hall–Kier alpha value is -3.24. The lowest BCUT2D eigenvalue weighted by Gasteiger charge is -2.68. The molecule has 5 aliphatic rings. The van der Waals surface area contributed by atoms with Gasteiger partial charge in [0.1, 0.15) is 23.4 Å². The number of carbonyl (C=O) groups is 4. The second kappa shape index (κ2) is 12.2. The van der Waals surface area contributed by atoms with E-state index in [9.17, 15) is 44.7 Å². The van der Waals surface area contributed by atoms with Crippen molar-refractivity contribution in [3.63, 3.8) is 0 Å². The second-order valence-corrected chi connectivity index (χ2v) is 17.7. The van der Waals surface area contributed by atoms with Gasteiger partial charge in [0, 0.05) is 40.6 Å². The van der Waals surface area contributed by atoms with E-state index in [1.54, 1.807) is 12.2 Å². The maximum Gasteiger partial charge on any atom is 0.314 e. The average molecular weight is 703 g/mol. The maximum atomic E-state index is 14.9. The summed E-state index contributed by atoms with van der Waals surface area (Å²) >= 11 is 0. The second-order valence-electron chi connectivity index (χ2n) is 17.7. The van der Waals surface area contributed by atoms with E-state index in [1.165, 1.54) is 6.92 Å². The first-order valence-corrected chi connectivity index (χ1v) is 18.4. The summed E-state index contributed by atoms with van der Waals surface area (Å²) in [5, 5.41) is 56.7. The Labute approximate surface area is 300 Å². The van der Waals surface area contributed by atoms with Crippen LogP contribution in [0.1, 0.15) is 92.6 Å². The van der Waals surface area contributed by atoms with E-state index >= 15 is 0 Å². The number of fused-ring (bicyclic) bond motifs is 2. The lowest BCUT2D eigenvalue weighted by Crippen LogP contribution is -2.69. The summed E-state index contributed by atoms with van der Waals surface area (Å²) in [5.41, 5.74) is -4.95. The molecule has 0 amide bonds. The summed E-state index contributed by atoms with van der Waals surface area (Å²) in [6.07, 6.45) is 5.18. The van der Waals surface area contributed by atoms with Gasteiger partial charge in [0.15, 0.2) is 11.6 Å². The van der Waals surface area contributed by atoms with Crippen molar-refractivity contribution in [3.8, 4) is 0 Å². The molecule has 1 aromatic rings. The van der Waals surface area contributed by atoms with E-state index in [0.717, 1.165) is 5.56 Å². The quantitative estimate of drug-likeness (QED) is 0.164. The predicted octanol–water partition coefficient (Wildman–Crippen LogP) is 5.10. The van der Waals surface area contributed by atoms with Gasteiger partial charge in [-0.05, 0) is 73.0 Å². The lowest BCUT2D eigenvalue weighted by atomic mass is 9.36. The molecular formula is C42H54O9. The summed E-state index contributed by atoms with van der Waals surface area (Å²) < 4.78 is 0. The van der Waals surface area contributed by atoms with Crippen molar-refractivity contribution in [3.05, 3.63) is 65.3 Å². The number of Topliss-reactive ketones (excluding diaryl/α,β-unsaturated/α-hetero) is 3. The molecule has 5 aliphatic carbocycles. The van der Waals surface area contributed by atoms with Crippen LogP contribution < -0.4 is 0 Å². The summed E-state index contributed by atoms with van der Waals surface area (Å²) in [6.45, 7) is 13.1. The summed E-state index contributed by atoms with van der Waals surface area (Å²) in [5.74, 6) is -5.79. The number of hydrogen-bond acceptors (Lipinski definition) is 8. The SMILES string of the molecule is CC(O)CC(C(=O)O)C(=O)C(O)CC(C)C1CC2(O)C=CC3(O)C4=C(C(=O)CC1(C)C42C)C1(C)CCC(=O)C(C)(C)C1C3C=Cc1ccccc1. The molecule has 12 atom stereocenters. The van der Waals surface area contributed by atoms with Crippen LogP contribution in [0.2, 0.25) is 0 Å². The number of aliphatic hydroxyl groups is 4. The Morgan fingerprint density at radius 3 is 2.22 bits per heavy atom. The highest BCUT2D eigenvalue weighted by Gasteiger charge is 2.78. The third-order valence-corrected chi connectivity index (χ3v) is 14.5. The van der Waals surface area contributed by atoms with Crippen LogP contribution in [-0.2, 0) is 19.2 Å². The standard InChI is InChI=1S/C42H54O9/c1-23(19-29(44)33(47)26(36(48)49)20-24(2)43)28-21-41(50)17-18-42(51)27(14-13-25-11-9-8-10-12-25)34-37(3,4)31(46)15-16-38(34,5)32-30(45)22-39(28,6)40(41,7)35(32)42/h8-14,17-18,23-24,26-29,34,43-44,50-51H,15-16,19-22H2,1-7H3,(H,48,49). The Morgan fingerprint density at radius 2 is 1.61 bits per heavy atom. The van der Waals surface area contributed by atoms with Crippen molar-refractivity contribution >= 4 is 29.4 Å². The normalized spacial score (nSPS) is 40.4. The summed E-state index contributed by atoms with van der Waals surface area (Å²) in [7, 11) is 0. The third-order valence-electron chi connectivity index (χ3n) is 14.5. The molecule has 0 bridgehead atoms. The van der Waals surface area contributed by atoms with Gasteiger partial charge >= 0.3 is 5.97 Å². The Morgan fingerprint density at radius 1 is 0.961 bits per heavy atom. The van der Waals surface area contributed by atoms with E-state index < -0.39 is 86.4 Å². The highest BCUT2D eigenvalue weighted by Crippen LogP contribution is 2.78. The first kappa shape index (κ1) is 37.5. The van der Waals surface area contributed by atoms with Crippen LogP contribution >= 0.6 is 0 Å². The fraction of sp³-hybridized carbons (Fsp3) is 0.619. The molecule has 2 saturated carbocycles. The van der Waals surface area contributed by atoms with Gasteiger partial charge < -0.3 is 25.5 Å². The molecule has 12 unspecified atom stereocenters. The zero-order valence-corrected chi connectivity index (χ0v) is 30.8. The summed E-state index contributed by atoms with van der Waals surface area (Å²) in [6, 6.07) is 9.72. The largest absolute Gasteiger partial charge is 0.481 e. The molecule has 0 aliphatic heterocycles. The fourth-order valence-corrected chi connectivity index (χ4v) is 11.9. The number of benzene rings is 1. The van der Waals surface area contributed by atoms with Gasteiger partial charge in [-0.3, -0.25) is 19.2 Å². The molecule has 0 saturated heterocycles. The number of rotatable bonds is 10. The molecule has 0 heterocycles. The summed E-state index contributed by atoms with van der Waals surface area (Å²) in [4.78, 5) is 53.6. The Kier molecular flexibility index (Phi) is 8.94. The van der Waals surface area contributed by atoms with Crippen molar-refractivity contribution in [2.45, 2.75) is 110 Å². The minimum Gasteiger partial charge on any atom is -0.481 e. The topological polar surface area (TPSA) is 169 Å². The van der Waals surface area contributed by atoms with Crippen LogP contribution in [-0.4, -0.2) is 72.3 Å². The van der Waals surface area contributed by atoms with Gasteiger partial charge in [-0.2, -0.15) is 0 Å². The van der Waals surface area contributed by atoms with Gasteiger partial charge in [0.05, 0.1) is 11.7 Å². The minimum atomic E-state index is -1.71. The number of allylic oxidation sites excluding steroid dienone is 1. The molecule has 1 aromatic carbocycles. The third kappa shape index (κ3) is 5.16. The smallest absolute Gasteiger partial charge is 0.314 e. The first-order valence-electron chi connectivity index (χ1n) is 18.4. The molecule has 0 radical (unpaired) electrons. The van der Waals surface area contributed by atoms with Crippen molar-refractivity contribution in [1.82, 2.24) is 0 Å². The van der Waals surface area contributed by atoms with E-state index in [0.29, 0.717) is 24.0 Å². The lowest BCUT2D eigenvalue weighted by molar-refractivity contribution is -0.161. The van der Waals surface area contributed by atoms with E-state index in [4.69, 9.17) is 0 Å². The zero-order chi connectivity index (χ0) is 37.7. The fourth-order valence-electron chi connectivity index (χ4n) is 11.9. The van der Waals surface area contributed by atoms with E-state index in [-0.39, 0.29) is 37.2 Å². The molecule has 6 rings (SSSR count). The van der Waals surface area contributed by atoms with Crippen LogP contribution in [0.3, 0.4) is 0 Å². The van der Waals surface area contributed by atoms with Crippen LogP contribution in [0.25, 0.3) is 6.08 Å². The van der Waals surface area contributed by atoms with E-state index in [1.807, 2.05) is 77.1 Å². The molecule has 0 aromatic heterocycles. The van der Waals surface area contributed by atoms with Gasteiger partial charge in [-0.15, -0.1) is 0 Å². The van der Waals surface area contributed by atoms with Crippen molar-refractivity contribution in [2.24, 2.45) is 51.2 Å². The molecule has 9 heteroatoms. The van der Waals surface area contributed by atoms with Crippen LogP contribution in [0.15, 0.2) is 59.7 Å². The van der Waals surface area contributed by atoms with Crippen LogP contribution in [0, 0.1) is 51.2 Å². The Balaban J connectivity index is 1.49. The van der Waals surface area contributed by atoms with Gasteiger partial charge in [-0.25, -0.2) is 0 Å². The number of carboxylic acid groups (broad SMARTS) is 1. The van der Waals surface area contributed by atoms with Crippen LogP contribution in [0.4, 0.5) is 0 Å². The van der Waals surface area contributed by atoms with Gasteiger partial charge in [-0.1, -0.05) is 90.1 Å². The van der Waals surface area contributed by atoms with Crippen molar-refractivity contribution in [2.75, 3.05) is 0 Å². The molecule has 5 N–H and O–H groups in total. The number of aliphatic carboxylic acids is 1. The van der Waals surface area contributed by atoms with Crippen molar-refractivity contribution in [1.29, 1.82) is 0 Å². The number of aliphatic hydroxyl groups excluding tert-OH is 2. The van der Waals surface area contributed by atoms with E-state index in [2.05, 4.69) is 6.92 Å². The van der Waals surface area contributed by atoms with Crippen LogP contribution in [0.5, 0.6) is 0 Å². The molecule has 276 valence electrons. The molecule has 2 fully saturated rings. The number of carboxylic acids is 1. The average Bonchev–Trinajstić information content (AvgIpc) is 3.23. The highest BCUT2D eigenvalue weighted by molar-refractivity contribution is 6.02. The predicted molar refractivity (Wildman–Crippen MR) is 191 cm³/mol. The monoisotopic (exact) mass is 702 g/mol. The number of carbonyl (C=O) groups excluding carboxylic acids is 3. The first-order chi connectivity index (χ1) is 23.6. The molecule has 51 heavy (non-hydrogen) atoms. The molecular weight excluding hydrogens is 648 g/mol. The number of hydrogen-bond donors (Lipinski definition) is 5. The zero-order valence-electron chi connectivity index (χ0n) is 30.8. The molecule has 0 spiro atoms.